The van der Waals surface area contributed by atoms with Crippen molar-refractivity contribution < 1.29 is 37.7 Å². The van der Waals surface area contributed by atoms with Crippen LogP contribution in [0.4, 0.5) is 19.3 Å². The lowest BCUT2D eigenvalue weighted by Crippen LogP contribution is -2.38. The minimum absolute atomic E-state index is 0.216. The number of carboxylic acids is 1. The maximum atomic E-state index is 13.6. The number of urea groups is 1. The molecule has 0 fully saturated rings. The molecule has 0 saturated carbocycles. The van der Waals surface area contributed by atoms with Crippen molar-refractivity contribution in [2.75, 3.05) is 38.2 Å². The number of rotatable bonds is 17. The second kappa shape index (κ2) is 16.9. The van der Waals surface area contributed by atoms with Crippen LogP contribution in [-0.4, -0.2) is 61.0 Å². The molecule has 1 unspecified atom stereocenters. The van der Waals surface area contributed by atoms with Crippen LogP contribution in [0.15, 0.2) is 72.8 Å². The molecule has 41 heavy (non-hydrogen) atoms. The van der Waals surface area contributed by atoms with E-state index >= 15 is 0 Å². The standard InChI is InChI=1S/C31H36F2N2O6/c1-2-40-29(30(36)37)20-23-10-14-28(15-11-23)41-19-17-35(31(38)34-27-7-5-6-26(33)21-27)16-3-4-18-39-22-24-8-12-25(32)13-9-24/h5-15,21,29H,2-4,16-20,22H2,1H3,(H,34,38)(H,36,37). The minimum atomic E-state index is -1.01. The molecule has 0 aliphatic carbocycles. The molecule has 0 aromatic heterocycles. The summed E-state index contributed by atoms with van der Waals surface area (Å²) >= 11 is 0. The van der Waals surface area contributed by atoms with Gasteiger partial charge in [-0.05, 0) is 73.4 Å². The van der Waals surface area contributed by atoms with Gasteiger partial charge < -0.3 is 29.5 Å². The molecule has 8 nitrogen and oxygen atoms in total. The van der Waals surface area contributed by atoms with E-state index in [-0.39, 0.29) is 31.4 Å². The summed E-state index contributed by atoms with van der Waals surface area (Å²) < 4.78 is 43.4. The van der Waals surface area contributed by atoms with Crippen LogP contribution in [-0.2, 0) is 27.3 Å². The lowest BCUT2D eigenvalue weighted by atomic mass is 10.1. The lowest BCUT2D eigenvalue weighted by Gasteiger charge is -2.23. The van der Waals surface area contributed by atoms with Crippen LogP contribution in [0, 0.1) is 11.6 Å². The van der Waals surface area contributed by atoms with E-state index in [2.05, 4.69) is 5.32 Å². The van der Waals surface area contributed by atoms with E-state index in [0.717, 1.165) is 11.1 Å². The highest BCUT2D eigenvalue weighted by molar-refractivity contribution is 5.89. The number of carbonyl (C=O) groups excluding carboxylic acids is 1. The average molecular weight is 571 g/mol. The zero-order valence-electron chi connectivity index (χ0n) is 23.1. The molecule has 2 N–H and O–H groups in total. The predicted octanol–water partition coefficient (Wildman–Crippen LogP) is 5.91. The summed E-state index contributed by atoms with van der Waals surface area (Å²) in [6.07, 6.45) is 0.696. The van der Waals surface area contributed by atoms with Gasteiger partial charge >= 0.3 is 12.0 Å². The molecule has 3 rings (SSSR count). The molecular weight excluding hydrogens is 534 g/mol. The number of aliphatic carboxylic acids is 1. The Labute approximate surface area is 238 Å². The Morgan fingerprint density at radius 1 is 0.902 bits per heavy atom. The van der Waals surface area contributed by atoms with Crippen molar-refractivity contribution >= 4 is 17.7 Å². The van der Waals surface area contributed by atoms with Crippen LogP contribution in [0.25, 0.3) is 0 Å². The van der Waals surface area contributed by atoms with Crippen molar-refractivity contribution in [1.82, 2.24) is 4.90 Å². The van der Waals surface area contributed by atoms with Gasteiger partial charge in [0.1, 0.15) is 24.0 Å². The van der Waals surface area contributed by atoms with Crippen molar-refractivity contribution in [1.29, 1.82) is 0 Å². The molecule has 3 aromatic carbocycles. The summed E-state index contributed by atoms with van der Waals surface area (Å²) in [6.45, 7) is 3.84. The summed E-state index contributed by atoms with van der Waals surface area (Å²) in [4.78, 5) is 25.9. The van der Waals surface area contributed by atoms with Crippen molar-refractivity contribution in [3.8, 4) is 5.75 Å². The smallest absolute Gasteiger partial charge is 0.333 e. The number of ether oxygens (including phenoxy) is 3. The number of unbranched alkanes of at least 4 members (excludes halogenated alkanes) is 1. The maximum absolute atomic E-state index is 13.6. The van der Waals surface area contributed by atoms with Gasteiger partial charge in [-0.2, -0.15) is 0 Å². The summed E-state index contributed by atoms with van der Waals surface area (Å²) in [5.74, 6) is -1.17. The third-order valence-electron chi connectivity index (χ3n) is 6.13. The number of carbonyl (C=O) groups is 2. The second-order valence-corrected chi connectivity index (χ2v) is 9.29. The second-order valence-electron chi connectivity index (χ2n) is 9.29. The average Bonchev–Trinajstić information content (AvgIpc) is 2.95. The highest BCUT2D eigenvalue weighted by Crippen LogP contribution is 2.16. The van der Waals surface area contributed by atoms with E-state index in [1.54, 1.807) is 54.3 Å². The van der Waals surface area contributed by atoms with Gasteiger partial charge in [0.2, 0.25) is 0 Å². The van der Waals surface area contributed by atoms with Crippen molar-refractivity contribution in [2.24, 2.45) is 0 Å². The van der Waals surface area contributed by atoms with E-state index in [9.17, 15) is 23.5 Å². The Morgan fingerprint density at radius 3 is 2.32 bits per heavy atom. The van der Waals surface area contributed by atoms with Gasteiger partial charge in [0.25, 0.3) is 0 Å². The molecule has 0 bridgehead atoms. The topological polar surface area (TPSA) is 97.3 Å². The Bertz CT molecular complexity index is 1220. The molecule has 220 valence electrons. The van der Waals surface area contributed by atoms with Crippen LogP contribution in [0.5, 0.6) is 5.75 Å². The Balaban J connectivity index is 1.49. The number of halogens is 2. The van der Waals surface area contributed by atoms with Crippen LogP contribution >= 0.6 is 0 Å². The number of amides is 2. The summed E-state index contributed by atoms with van der Waals surface area (Å²) in [5, 5.41) is 12.0. The number of benzene rings is 3. The van der Waals surface area contributed by atoms with Gasteiger partial charge in [-0.3, -0.25) is 0 Å². The Morgan fingerprint density at radius 2 is 1.63 bits per heavy atom. The Hall–Kier alpha value is -4.02. The predicted molar refractivity (Wildman–Crippen MR) is 151 cm³/mol. The van der Waals surface area contributed by atoms with E-state index in [4.69, 9.17) is 14.2 Å². The van der Waals surface area contributed by atoms with E-state index in [0.29, 0.717) is 50.6 Å². The maximum Gasteiger partial charge on any atom is 0.333 e. The molecule has 0 saturated heterocycles. The number of carboxylic acid groups (broad SMARTS) is 1. The van der Waals surface area contributed by atoms with E-state index < -0.39 is 17.9 Å². The fraction of sp³-hybridized carbons (Fsp3) is 0.355. The molecule has 10 heteroatoms. The molecule has 0 aliphatic heterocycles. The lowest BCUT2D eigenvalue weighted by molar-refractivity contribution is -0.149. The number of nitrogens with zero attached hydrogens (tertiary/aromatic N) is 1. The molecule has 3 aromatic rings. The molecule has 0 spiro atoms. The monoisotopic (exact) mass is 570 g/mol. The Kier molecular flexibility index (Phi) is 13.0. The van der Waals surface area contributed by atoms with E-state index in [1.165, 1.54) is 30.3 Å². The highest BCUT2D eigenvalue weighted by atomic mass is 19.1. The molecule has 0 aliphatic rings. The van der Waals surface area contributed by atoms with Crippen molar-refractivity contribution in [3.05, 3.63) is 95.6 Å². The highest BCUT2D eigenvalue weighted by Gasteiger charge is 2.18. The third-order valence-corrected chi connectivity index (χ3v) is 6.13. The first-order valence-electron chi connectivity index (χ1n) is 13.5. The zero-order chi connectivity index (χ0) is 29.5. The summed E-state index contributed by atoms with van der Waals surface area (Å²) in [5.41, 5.74) is 2.03. The molecule has 1 atom stereocenters. The fourth-order valence-corrected chi connectivity index (χ4v) is 3.99. The molecule has 0 radical (unpaired) electrons. The first-order valence-corrected chi connectivity index (χ1v) is 13.5. The van der Waals surface area contributed by atoms with Crippen LogP contribution < -0.4 is 10.1 Å². The molecular formula is C31H36F2N2O6. The van der Waals surface area contributed by atoms with Crippen LogP contribution in [0.1, 0.15) is 30.9 Å². The van der Waals surface area contributed by atoms with Crippen molar-refractivity contribution in [2.45, 2.75) is 38.9 Å². The largest absolute Gasteiger partial charge is 0.492 e. The molecule has 0 heterocycles. The van der Waals surface area contributed by atoms with Gasteiger partial charge in [0.05, 0.1) is 13.2 Å². The van der Waals surface area contributed by atoms with Crippen LogP contribution in [0.3, 0.4) is 0 Å². The fourth-order valence-electron chi connectivity index (χ4n) is 3.99. The summed E-state index contributed by atoms with van der Waals surface area (Å²) in [6, 6.07) is 18.5. The first-order chi connectivity index (χ1) is 19.8. The molecule has 2 amide bonds. The SMILES string of the molecule is CCOC(Cc1ccc(OCCN(CCCCOCc2ccc(F)cc2)C(=O)Nc2cccc(F)c2)cc1)C(=O)O. The first kappa shape index (κ1) is 31.5. The number of hydrogen-bond donors (Lipinski definition) is 2. The zero-order valence-corrected chi connectivity index (χ0v) is 23.1. The minimum Gasteiger partial charge on any atom is -0.492 e. The number of anilines is 1. The van der Waals surface area contributed by atoms with Gasteiger partial charge in [-0.1, -0.05) is 30.3 Å². The van der Waals surface area contributed by atoms with Gasteiger partial charge in [-0.15, -0.1) is 0 Å². The third kappa shape index (κ3) is 11.5. The van der Waals surface area contributed by atoms with Gasteiger partial charge in [0.15, 0.2) is 6.10 Å². The number of hydrogen-bond acceptors (Lipinski definition) is 5. The van der Waals surface area contributed by atoms with Crippen LogP contribution in [0.2, 0.25) is 0 Å². The van der Waals surface area contributed by atoms with Crippen molar-refractivity contribution in [3.63, 3.8) is 0 Å². The van der Waals surface area contributed by atoms with Gasteiger partial charge in [-0.25, -0.2) is 18.4 Å². The normalized spacial score (nSPS) is 11.6. The van der Waals surface area contributed by atoms with E-state index in [1.807, 2.05) is 0 Å². The number of nitrogens with one attached hydrogen (secondary N) is 1. The summed E-state index contributed by atoms with van der Waals surface area (Å²) in [7, 11) is 0. The van der Waals surface area contributed by atoms with Gasteiger partial charge in [0, 0.05) is 31.9 Å². The quantitative estimate of drug-likeness (QED) is 0.196.